The van der Waals surface area contributed by atoms with Crippen molar-refractivity contribution < 1.29 is 29.3 Å². The van der Waals surface area contributed by atoms with Gasteiger partial charge in [-0.1, -0.05) is 39.7 Å². The third kappa shape index (κ3) is 8.07. The van der Waals surface area contributed by atoms with Gasteiger partial charge in [-0.15, -0.1) is 0 Å². The van der Waals surface area contributed by atoms with Gasteiger partial charge in [-0.25, -0.2) is 9.59 Å². The van der Waals surface area contributed by atoms with E-state index in [1.165, 1.54) is 12.1 Å². The molecule has 0 unspecified atom stereocenters. The van der Waals surface area contributed by atoms with E-state index >= 15 is 0 Å². The van der Waals surface area contributed by atoms with Crippen molar-refractivity contribution in [3.05, 3.63) is 70.2 Å². The lowest BCUT2D eigenvalue weighted by Crippen LogP contribution is -2.29. The van der Waals surface area contributed by atoms with E-state index in [-0.39, 0.29) is 5.75 Å². The van der Waals surface area contributed by atoms with Crippen molar-refractivity contribution in [3.8, 4) is 5.75 Å². The molecule has 0 radical (unpaired) electrons. The topological polar surface area (TPSA) is 105 Å². The van der Waals surface area contributed by atoms with Gasteiger partial charge in [0.15, 0.2) is 6.10 Å². The Morgan fingerprint density at radius 3 is 2.55 bits per heavy atom. The molecule has 0 bridgehead atoms. The summed E-state index contributed by atoms with van der Waals surface area (Å²) in [5.41, 5.74) is 2.01. The Labute approximate surface area is 189 Å². The number of halogens is 1. The fourth-order valence-corrected chi connectivity index (χ4v) is 3.35. The smallest absolute Gasteiger partial charge is 0.412 e. The van der Waals surface area contributed by atoms with E-state index < -0.39 is 24.3 Å². The lowest BCUT2D eigenvalue weighted by Gasteiger charge is -2.28. The molecule has 0 spiro atoms. The molecule has 0 aliphatic carbocycles. The Balaban J connectivity index is 2.26. The molecular weight excluding hydrogens is 466 g/mol. The third-order valence-electron chi connectivity index (χ3n) is 4.42. The van der Waals surface area contributed by atoms with Crippen LogP contribution in [0, 0.1) is 6.92 Å². The molecule has 0 aromatic heterocycles. The first kappa shape index (κ1) is 24.4. The van der Waals surface area contributed by atoms with Gasteiger partial charge in [0, 0.05) is 28.4 Å². The summed E-state index contributed by atoms with van der Waals surface area (Å²) in [5, 5.41) is 21.9. The molecule has 166 valence electrons. The SMILES string of the molecule is CCO[C@H](CC/C=C/C(=O)O)[C@H](OC(=O)Nc1ccc(C)cc1)c1cc(Br)ccc1O. The number of anilines is 1. The van der Waals surface area contributed by atoms with Crippen LogP contribution in [0.2, 0.25) is 0 Å². The number of rotatable bonds is 10. The predicted octanol–water partition coefficient (Wildman–Crippen LogP) is 5.58. The number of aryl methyl sites for hydroxylation is 1. The number of aliphatic carboxylic acids is 1. The number of hydrogen-bond donors (Lipinski definition) is 3. The van der Waals surface area contributed by atoms with Gasteiger partial charge in [0.25, 0.3) is 0 Å². The summed E-state index contributed by atoms with van der Waals surface area (Å²) in [6.45, 7) is 4.10. The quantitative estimate of drug-likeness (QED) is 0.374. The monoisotopic (exact) mass is 491 g/mol. The maximum atomic E-state index is 12.6. The maximum absolute atomic E-state index is 12.6. The van der Waals surface area contributed by atoms with Crippen LogP contribution in [0.15, 0.2) is 59.1 Å². The van der Waals surface area contributed by atoms with E-state index in [2.05, 4.69) is 21.2 Å². The van der Waals surface area contributed by atoms with Gasteiger partial charge in [-0.05, 0) is 57.0 Å². The third-order valence-corrected chi connectivity index (χ3v) is 4.92. The number of carbonyl (C=O) groups excluding carboxylic acids is 1. The van der Waals surface area contributed by atoms with Crippen molar-refractivity contribution in [1.82, 2.24) is 0 Å². The van der Waals surface area contributed by atoms with Crippen LogP contribution in [0.1, 0.15) is 37.0 Å². The van der Waals surface area contributed by atoms with Crippen LogP contribution in [0.25, 0.3) is 0 Å². The molecule has 2 rings (SSSR count). The summed E-state index contributed by atoms with van der Waals surface area (Å²) in [6, 6.07) is 12.1. The average molecular weight is 492 g/mol. The highest BCUT2D eigenvalue weighted by molar-refractivity contribution is 9.10. The molecule has 0 aliphatic heterocycles. The molecule has 7 nitrogen and oxygen atoms in total. The van der Waals surface area contributed by atoms with Crippen LogP contribution < -0.4 is 5.32 Å². The number of allylic oxidation sites excluding steroid dienone is 1. The van der Waals surface area contributed by atoms with Crippen molar-refractivity contribution in [2.45, 2.75) is 38.9 Å². The Morgan fingerprint density at radius 1 is 1.19 bits per heavy atom. The highest BCUT2D eigenvalue weighted by Gasteiger charge is 2.30. The van der Waals surface area contributed by atoms with Crippen LogP contribution in [0.5, 0.6) is 5.75 Å². The lowest BCUT2D eigenvalue weighted by molar-refractivity contribution is -0.131. The van der Waals surface area contributed by atoms with E-state index in [4.69, 9.17) is 14.6 Å². The second-order valence-electron chi connectivity index (χ2n) is 6.83. The summed E-state index contributed by atoms with van der Waals surface area (Å²) in [5.74, 6) is -1.08. The number of phenolic OH excluding ortho intramolecular Hbond substituents is 1. The molecule has 31 heavy (non-hydrogen) atoms. The van der Waals surface area contributed by atoms with Crippen molar-refractivity contribution in [3.63, 3.8) is 0 Å². The lowest BCUT2D eigenvalue weighted by atomic mass is 9.99. The Morgan fingerprint density at radius 2 is 1.90 bits per heavy atom. The molecule has 3 N–H and O–H groups in total. The number of carbonyl (C=O) groups is 2. The molecule has 8 heteroatoms. The van der Waals surface area contributed by atoms with Crippen LogP contribution in [-0.4, -0.2) is 35.0 Å². The van der Waals surface area contributed by atoms with Gasteiger partial charge in [-0.3, -0.25) is 5.32 Å². The van der Waals surface area contributed by atoms with Gasteiger partial charge in [0.2, 0.25) is 0 Å². The summed E-state index contributed by atoms with van der Waals surface area (Å²) in [7, 11) is 0. The molecule has 2 aromatic carbocycles. The molecule has 0 saturated heterocycles. The number of ether oxygens (including phenoxy) is 2. The van der Waals surface area contributed by atoms with Crippen molar-refractivity contribution in [1.29, 1.82) is 0 Å². The maximum Gasteiger partial charge on any atom is 0.412 e. The summed E-state index contributed by atoms with van der Waals surface area (Å²) < 4.78 is 12.2. The zero-order valence-corrected chi connectivity index (χ0v) is 19.0. The minimum Gasteiger partial charge on any atom is -0.508 e. The van der Waals surface area contributed by atoms with Crippen molar-refractivity contribution in [2.75, 3.05) is 11.9 Å². The number of phenols is 1. The number of nitrogens with one attached hydrogen (secondary N) is 1. The fraction of sp³-hybridized carbons (Fsp3) is 0.304. The highest BCUT2D eigenvalue weighted by atomic mass is 79.9. The van der Waals surface area contributed by atoms with E-state index in [1.807, 2.05) is 26.0 Å². The van der Waals surface area contributed by atoms with E-state index in [0.29, 0.717) is 35.2 Å². The van der Waals surface area contributed by atoms with Crippen LogP contribution in [-0.2, 0) is 14.3 Å². The number of benzene rings is 2. The zero-order valence-electron chi connectivity index (χ0n) is 17.4. The number of aromatic hydroxyl groups is 1. The van der Waals surface area contributed by atoms with Crippen LogP contribution in [0.3, 0.4) is 0 Å². The predicted molar refractivity (Wildman–Crippen MR) is 121 cm³/mol. The molecule has 2 atom stereocenters. The normalized spacial score (nSPS) is 13.0. The minimum absolute atomic E-state index is 0.0397. The molecule has 1 amide bonds. The summed E-state index contributed by atoms with van der Waals surface area (Å²) in [4.78, 5) is 23.3. The van der Waals surface area contributed by atoms with Gasteiger partial charge < -0.3 is 19.7 Å². The molecule has 0 saturated carbocycles. The first-order valence-electron chi connectivity index (χ1n) is 9.84. The van der Waals surface area contributed by atoms with E-state index in [1.54, 1.807) is 24.3 Å². The first-order valence-corrected chi connectivity index (χ1v) is 10.6. The van der Waals surface area contributed by atoms with Gasteiger partial charge in [-0.2, -0.15) is 0 Å². The fourth-order valence-electron chi connectivity index (χ4n) is 2.97. The second-order valence-corrected chi connectivity index (χ2v) is 7.75. The Bertz CT molecular complexity index is 913. The van der Waals surface area contributed by atoms with Crippen molar-refractivity contribution in [2.24, 2.45) is 0 Å². The summed E-state index contributed by atoms with van der Waals surface area (Å²) >= 11 is 3.37. The molecule has 0 fully saturated rings. The molecule has 0 aliphatic rings. The number of carboxylic acids is 1. The number of hydrogen-bond acceptors (Lipinski definition) is 5. The molecule has 0 heterocycles. The standard InChI is InChI=1S/C23H26BrNO6/c1-3-30-20(6-4-5-7-21(27)28)22(18-14-16(24)10-13-19(18)26)31-23(29)25-17-11-8-15(2)9-12-17/h5,7-14,20,22,26H,3-4,6H2,1-2H3,(H,25,29)(H,27,28)/b7-5+/t20-,22-/m1/s1. The highest BCUT2D eigenvalue weighted by Crippen LogP contribution is 2.35. The van der Waals surface area contributed by atoms with E-state index in [9.17, 15) is 14.7 Å². The number of amides is 1. The second kappa shape index (κ2) is 12.1. The van der Waals surface area contributed by atoms with Gasteiger partial charge in [0.1, 0.15) is 5.75 Å². The largest absolute Gasteiger partial charge is 0.508 e. The zero-order chi connectivity index (χ0) is 22.8. The van der Waals surface area contributed by atoms with E-state index in [0.717, 1.165) is 11.6 Å². The Hall–Kier alpha value is -2.84. The summed E-state index contributed by atoms with van der Waals surface area (Å²) in [6.07, 6.45) is 1.13. The van der Waals surface area contributed by atoms with Gasteiger partial charge in [0.05, 0.1) is 6.10 Å². The molecule has 2 aromatic rings. The minimum atomic E-state index is -1.04. The van der Waals surface area contributed by atoms with Crippen LogP contribution in [0.4, 0.5) is 10.5 Å². The van der Waals surface area contributed by atoms with Crippen LogP contribution >= 0.6 is 15.9 Å². The average Bonchev–Trinajstić information content (AvgIpc) is 2.72. The first-order chi connectivity index (χ1) is 14.8. The van der Waals surface area contributed by atoms with Crippen molar-refractivity contribution >= 4 is 33.7 Å². The molecular formula is C23H26BrNO6. The van der Waals surface area contributed by atoms with Gasteiger partial charge >= 0.3 is 12.1 Å². The Kier molecular flexibility index (Phi) is 9.55. The number of carboxylic acid groups (broad SMARTS) is 1.